The maximum atomic E-state index is 4.68. The fourth-order valence-electron chi connectivity index (χ4n) is 2.50. The molecule has 2 rings (SSSR count). The van der Waals surface area contributed by atoms with Crippen LogP contribution in [-0.4, -0.2) is 11.0 Å². The zero-order valence-electron chi connectivity index (χ0n) is 11.3. The fourth-order valence-corrected chi connectivity index (χ4v) is 2.50. The molecule has 1 aliphatic rings. The monoisotopic (exact) mass is 232 g/mol. The first-order chi connectivity index (χ1) is 8.16. The highest BCUT2D eigenvalue weighted by atomic mass is 14.9. The van der Waals surface area contributed by atoms with Gasteiger partial charge in [0.2, 0.25) is 0 Å². The van der Waals surface area contributed by atoms with E-state index in [-0.39, 0.29) is 0 Å². The van der Waals surface area contributed by atoms with Crippen molar-refractivity contribution in [3.8, 4) is 0 Å². The first-order valence-corrected chi connectivity index (χ1v) is 6.86. The number of nitrogens with one attached hydrogen (secondary N) is 1. The minimum Gasteiger partial charge on any atom is -0.310 e. The molecule has 94 valence electrons. The van der Waals surface area contributed by atoms with Crippen LogP contribution in [0.2, 0.25) is 0 Å². The van der Waals surface area contributed by atoms with Crippen LogP contribution in [0.25, 0.3) is 0 Å². The van der Waals surface area contributed by atoms with Gasteiger partial charge in [0.15, 0.2) is 0 Å². The third kappa shape index (κ3) is 3.29. The highest BCUT2D eigenvalue weighted by molar-refractivity contribution is 5.23. The van der Waals surface area contributed by atoms with Gasteiger partial charge in [0.05, 0.1) is 0 Å². The lowest BCUT2D eigenvalue weighted by Gasteiger charge is -2.14. The Labute approximate surface area is 105 Å². The van der Waals surface area contributed by atoms with Crippen molar-refractivity contribution in [1.82, 2.24) is 10.3 Å². The van der Waals surface area contributed by atoms with Crippen LogP contribution in [0, 0.1) is 6.92 Å². The molecular formula is C15H24N2. The van der Waals surface area contributed by atoms with Crippen LogP contribution in [0.3, 0.4) is 0 Å². The number of nitrogens with zero attached hydrogens (tertiary/aromatic N) is 1. The highest BCUT2D eigenvalue weighted by Gasteiger charge is 2.14. The second-order valence-electron chi connectivity index (χ2n) is 5.50. The van der Waals surface area contributed by atoms with E-state index >= 15 is 0 Å². The lowest BCUT2D eigenvalue weighted by molar-refractivity contribution is 0.522. The zero-order chi connectivity index (χ0) is 12.3. The second kappa shape index (κ2) is 5.63. The zero-order valence-corrected chi connectivity index (χ0v) is 11.3. The van der Waals surface area contributed by atoms with Crippen LogP contribution in [0.1, 0.15) is 62.4 Å². The van der Waals surface area contributed by atoms with Gasteiger partial charge in [-0.3, -0.25) is 4.98 Å². The number of hydrogen-bond donors (Lipinski definition) is 1. The smallest absolute Gasteiger partial charge is 0.0432 e. The standard InChI is InChI=1S/C15H24N2/c1-11(2)15-9-8-13(12(3)17-15)10-16-14-6-4-5-7-14/h8-9,11,14,16H,4-7,10H2,1-3H3. The normalized spacial score (nSPS) is 16.9. The molecule has 1 saturated carbocycles. The van der Waals surface area contributed by atoms with E-state index in [0.29, 0.717) is 5.92 Å². The van der Waals surface area contributed by atoms with Crippen LogP contribution in [0.5, 0.6) is 0 Å². The molecule has 0 amide bonds. The number of aryl methyl sites for hydroxylation is 1. The van der Waals surface area contributed by atoms with E-state index in [1.807, 2.05) is 0 Å². The topological polar surface area (TPSA) is 24.9 Å². The molecule has 0 atom stereocenters. The Morgan fingerprint density at radius 2 is 2.00 bits per heavy atom. The molecule has 1 fully saturated rings. The summed E-state index contributed by atoms with van der Waals surface area (Å²) in [6.45, 7) is 7.48. The van der Waals surface area contributed by atoms with Crippen molar-refractivity contribution in [2.45, 2.75) is 65.0 Å². The SMILES string of the molecule is Cc1nc(C(C)C)ccc1CNC1CCCC1. The summed E-state index contributed by atoms with van der Waals surface area (Å²) in [6, 6.07) is 5.14. The molecule has 1 N–H and O–H groups in total. The molecule has 1 aliphatic carbocycles. The fraction of sp³-hybridized carbons (Fsp3) is 0.667. The first-order valence-electron chi connectivity index (χ1n) is 6.86. The van der Waals surface area contributed by atoms with Crippen molar-refractivity contribution in [2.75, 3.05) is 0 Å². The maximum Gasteiger partial charge on any atom is 0.0432 e. The Balaban J connectivity index is 1.96. The summed E-state index contributed by atoms with van der Waals surface area (Å²) in [7, 11) is 0. The van der Waals surface area contributed by atoms with Crippen molar-refractivity contribution in [2.24, 2.45) is 0 Å². The minimum atomic E-state index is 0.519. The van der Waals surface area contributed by atoms with Gasteiger partial charge >= 0.3 is 0 Å². The Hall–Kier alpha value is -0.890. The molecule has 0 aromatic carbocycles. The highest BCUT2D eigenvalue weighted by Crippen LogP contribution is 2.19. The van der Waals surface area contributed by atoms with Gasteiger partial charge in [0.25, 0.3) is 0 Å². The molecule has 2 heteroatoms. The quantitative estimate of drug-likeness (QED) is 0.858. The molecule has 17 heavy (non-hydrogen) atoms. The number of hydrogen-bond acceptors (Lipinski definition) is 2. The van der Waals surface area contributed by atoms with E-state index in [4.69, 9.17) is 0 Å². The van der Waals surface area contributed by atoms with E-state index < -0.39 is 0 Å². The average Bonchev–Trinajstić information content (AvgIpc) is 2.80. The van der Waals surface area contributed by atoms with E-state index in [1.165, 1.54) is 42.6 Å². The molecular weight excluding hydrogens is 208 g/mol. The Bertz CT molecular complexity index is 365. The van der Waals surface area contributed by atoms with Gasteiger partial charge < -0.3 is 5.32 Å². The summed E-state index contributed by atoms with van der Waals surface area (Å²) in [6.07, 6.45) is 5.47. The summed E-state index contributed by atoms with van der Waals surface area (Å²) in [5, 5.41) is 3.65. The van der Waals surface area contributed by atoms with Crippen LogP contribution in [0.15, 0.2) is 12.1 Å². The Morgan fingerprint density at radius 3 is 2.59 bits per heavy atom. The molecule has 1 heterocycles. The van der Waals surface area contributed by atoms with Gasteiger partial charge in [-0.1, -0.05) is 32.8 Å². The summed E-state index contributed by atoms with van der Waals surface area (Å²) in [5.74, 6) is 0.519. The van der Waals surface area contributed by atoms with Crippen LogP contribution in [0.4, 0.5) is 0 Å². The van der Waals surface area contributed by atoms with Crippen molar-refractivity contribution >= 4 is 0 Å². The lowest BCUT2D eigenvalue weighted by atomic mass is 10.1. The van der Waals surface area contributed by atoms with E-state index in [0.717, 1.165) is 12.6 Å². The van der Waals surface area contributed by atoms with E-state index in [1.54, 1.807) is 0 Å². The molecule has 0 saturated heterocycles. The maximum absolute atomic E-state index is 4.68. The minimum absolute atomic E-state index is 0.519. The number of pyridine rings is 1. The van der Waals surface area contributed by atoms with Gasteiger partial charge in [-0.15, -0.1) is 0 Å². The van der Waals surface area contributed by atoms with Crippen molar-refractivity contribution in [3.63, 3.8) is 0 Å². The first kappa shape index (κ1) is 12.6. The number of aromatic nitrogens is 1. The lowest BCUT2D eigenvalue weighted by Crippen LogP contribution is -2.25. The Kier molecular flexibility index (Phi) is 4.16. The molecule has 0 unspecified atom stereocenters. The summed E-state index contributed by atoms with van der Waals surface area (Å²) in [4.78, 5) is 4.68. The average molecular weight is 232 g/mol. The third-order valence-corrected chi connectivity index (χ3v) is 3.74. The van der Waals surface area contributed by atoms with Gasteiger partial charge in [0.1, 0.15) is 0 Å². The van der Waals surface area contributed by atoms with Gasteiger partial charge in [-0.05, 0) is 37.3 Å². The van der Waals surface area contributed by atoms with E-state index in [9.17, 15) is 0 Å². The largest absolute Gasteiger partial charge is 0.310 e. The molecule has 1 aromatic rings. The molecule has 0 bridgehead atoms. The predicted molar refractivity (Wildman–Crippen MR) is 72.2 cm³/mol. The van der Waals surface area contributed by atoms with Crippen LogP contribution >= 0.6 is 0 Å². The summed E-state index contributed by atoms with van der Waals surface area (Å²) in [5.41, 5.74) is 3.73. The molecule has 0 radical (unpaired) electrons. The van der Waals surface area contributed by atoms with Crippen molar-refractivity contribution in [1.29, 1.82) is 0 Å². The van der Waals surface area contributed by atoms with Crippen LogP contribution in [-0.2, 0) is 6.54 Å². The number of rotatable bonds is 4. The molecule has 0 aliphatic heterocycles. The summed E-state index contributed by atoms with van der Waals surface area (Å²) >= 11 is 0. The molecule has 2 nitrogen and oxygen atoms in total. The van der Waals surface area contributed by atoms with Gasteiger partial charge in [-0.2, -0.15) is 0 Å². The molecule has 1 aromatic heterocycles. The van der Waals surface area contributed by atoms with E-state index in [2.05, 4.69) is 43.2 Å². The predicted octanol–water partition coefficient (Wildman–Crippen LogP) is 3.55. The van der Waals surface area contributed by atoms with Gasteiger partial charge in [-0.25, -0.2) is 0 Å². The van der Waals surface area contributed by atoms with Crippen molar-refractivity contribution in [3.05, 3.63) is 29.1 Å². The molecule has 0 spiro atoms. The Morgan fingerprint density at radius 1 is 1.29 bits per heavy atom. The second-order valence-corrected chi connectivity index (χ2v) is 5.50. The van der Waals surface area contributed by atoms with Crippen molar-refractivity contribution < 1.29 is 0 Å². The van der Waals surface area contributed by atoms with Gasteiger partial charge in [0, 0.05) is 24.0 Å². The third-order valence-electron chi connectivity index (χ3n) is 3.74. The van der Waals surface area contributed by atoms with Crippen LogP contribution < -0.4 is 5.32 Å². The summed E-state index contributed by atoms with van der Waals surface area (Å²) < 4.78 is 0.